The molecule has 1 heterocycles. The van der Waals surface area contributed by atoms with Gasteiger partial charge in [-0.3, -0.25) is 0 Å². The summed E-state index contributed by atoms with van der Waals surface area (Å²) < 4.78 is 0. The van der Waals surface area contributed by atoms with Gasteiger partial charge in [-0.25, -0.2) is 4.79 Å². The lowest BCUT2D eigenvalue weighted by Crippen LogP contribution is -2.35. The molecular weight excluding hydrogens is 258 g/mol. The molecule has 0 saturated carbocycles. The lowest BCUT2D eigenvalue weighted by atomic mass is 10.0. The van der Waals surface area contributed by atoms with Gasteiger partial charge in [0.05, 0.1) is 5.56 Å². The van der Waals surface area contributed by atoms with Gasteiger partial charge in [0.15, 0.2) is 0 Å². The first-order chi connectivity index (χ1) is 8.99. The summed E-state index contributed by atoms with van der Waals surface area (Å²) in [5, 5.41) is 14.5. The van der Waals surface area contributed by atoms with Crippen LogP contribution in [0.1, 0.15) is 34.6 Å². The van der Waals surface area contributed by atoms with Gasteiger partial charge >= 0.3 is 5.97 Å². The van der Waals surface area contributed by atoms with Crippen molar-refractivity contribution in [2.75, 3.05) is 0 Å². The molecule has 19 heavy (non-hydrogen) atoms. The molecule has 0 atom stereocenters. The zero-order chi connectivity index (χ0) is 13.9. The fourth-order valence-corrected chi connectivity index (χ4v) is 2.69. The van der Waals surface area contributed by atoms with Crippen molar-refractivity contribution in [3.63, 3.8) is 0 Å². The molecule has 4 heteroatoms. The molecule has 0 bridgehead atoms. The van der Waals surface area contributed by atoms with Crippen LogP contribution >= 0.6 is 11.3 Å². The average Bonchev–Trinajstić information content (AvgIpc) is 2.91. The van der Waals surface area contributed by atoms with E-state index in [4.69, 9.17) is 5.11 Å². The van der Waals surface area contributed by atoms with Crippen molar-refractivity contribution in [3.05, 3.63) is 57.8 Å². The molecule has 0 spiro atoms. The Hall–Kier alpha value is -1.65. The van der Waals surface area contributed by atoms with Crippen LogP contribution in [0.3, 0.4) is 0 Å². The van der Waals surface area contributed by atoms with E-state index in [1.54, 1.807) is 29.5 Å². The summed E-state index contributed by atoms with van der Waals surface area (Å²) in [6.07, 6.45) is 0. The molecule has 2 rings (SSSR count). The quantitative estimate of drug-likeness (QED) is 0.878. The Bertz CT molecular complexity index is 561. The summed E-state index contributed by atoms with van der Waals surface area (Å²) in [5.41, 5.74) is 1.19. The fourth-order valence-electron chi connectivity index (χ4n) is 1.86. The summed E-state index contributed by atoms with van der Waals surface area (Å²) >= 11 is 1.72. The van der Waals surface area contributed by atoms with Gasteiger partial charge in [0.2, 0.25) is 0 Å². The van der Waals surface area contributed by atoms with E-state index in [0.29, 0.717) is 12.1 Å². The average molecular weight is 275 g/mol. The van der Waals surface area contributed by atoms with E-state index in [-0.39, 0.29) is 5.54 Å². The molecule has 0 amide bonds. The highest BCUT2D eigenvalue weighted by atomic mass is 32.1. The van der Waals surface area contributed by atoms with Gasteiger partial charge in [-0.1, -0.05) is 18.2 Å². The SMILES string of the molecule is CC(C)(NCc1cccc(C(=O)O)c1)c1cccs1. The summed E-state index contributed by atoms with van der Waals surface area (Å²) in [6.45, 7) is 4.89. The molecule has 3 nitrogen and oxygen atoms in total. The number of aromatic carboxylic acids is 1. The first-order valence-electron chi connectivity index (χ1n) is 6.10. The normalized spacial score (nSPS) is 11.5. The maximum atomic E-state index is 10.9. The van der Waals surface area contributed by atoms with Crippen LogP contribution < -0.4 is 5.32 Å². The second-order valence-corrected chi connectivity index (χ2v) is 5.91. The van der Waals surface area contributed by atoms with Crippen LogP contribution in [0.2, 0.25) is 0 Å². The van der Waals surface area contributed by atoms with Crippen molar-refractivity contribution in [2.24, 2.45) is 0 Å². The third-order valence-corrected chi connectivity index (χ3v) is 4.24. The van der Waals surface area contributed by atoms with E-state index in [1.165, 1.54) is 4.88 Å². The number of carbonyl (C=O) groups is 1. The van der Waals surface area contributed by atoms with Crippen LogP contribution in [-0.2, 0) is 12.1 Å². The van der Waals surface area contributed by atoms with Crippen LogP contribution in [0, 0.1) is 0 Å². The van der Waals surface area contributed by atoms with Gasteiger partial charge in [0, 0.05) is 17.0 Å². The summed E-state index contributed by atoms with van der Waals surface area (Å²) in [4.78, 5) is 12.2. The van der Waals surface area contributed by atoms with Crippen molar-refractivity contribution < 1.29 is 9.90 Å². The van der Waals surface area contributed by atoms with Crippen molar-refractivity contribution in [1.29, 1.82) is 0 Å². The van der Waals surface area contributed by atoms with E-state index >= 15 is 0 Å². The zero-order valence-corrected chi connectivity index (χ0v) is 11.8. The molecule has 100 valence electrons. The predicted octanol–water partition coefficient (Wildman–Crippen LogP) is 3.47. The van der Waals surface area contributed by atoms with Crippen LogP contribution in [0.4, 0.5) is 0 Å². The molecule has 0 radical (unpaired) electrons. The molecule has 0 unspecified atom stereocenters. The third-order valence-electron chi connectivity index (χ3n) is 3.05. The lowest BCUT2D eigenvalue weighted by Gasteiger charge is -2.25. The van der Waals surface area contributed by atoms with Crippen molar-refractivity contribution in [2.45, 2.75) is 25.9 Å². The van der Waals surface area contributed by atoms with Crippen molar-refractivity contribution in [3.8, 4) is 0 Å². The summed E-state index contributed by atoms with van der Waals surface area (Å²) in [5.74, 6) is -0.889. The van der Waals surface area contributed by atoms with Crippen LogP contribution in [0.15, 0.2) is 41.8 Å². The predicted molar refractivity (Wildman–Crippen MR) is 77.6 cm³/mol. The minimum atomic E-state index is -0.889. The Labute approximate surface area is 116 Å². The standard InChI is InChI=1S/C15H17NO2S/c1-15(2,13-7-4-8-19-13)16-10-11-5-3-6-12(9-11)14(17)18/h3-9,16H,10H2,1-2H3,(H,17,18). The number of rotatable bonds is 5. The first kappa shape index (κ1) is 13.8. The van der Waals surface area contributed by atoms with Crippen molar-refractivity contribution >= 4 is 17.3 Å². The first-order valence-corrected chi connectivity index (χ1v) is 6.98. The maximum absolute atomic E-state index is 10.9. The number of hydrogen-bond donors (Lipinski definition) is 2. The molecule has 1 aromatic carbocycles. The van der Waals surface area contributed by atoms with Gasteiger partial charge in [-0.2, -0.15) is 0 Å². The van der Waals surface area contributed by atoms with E-state index in [0.717, 1.165) is 5.56 Å². The smallest absolute Gasteiger partial charge is 0.335 e. The third kappa shape index (κ3) is 3.43. The zero-order valence-electron chi connectivity index (χ0n) is 11.0. The molecule has 0 aliphatic carbocycles. The topological polar surface area (TPSA) is 49.3 Å². The van der Waals surface area contributed by atoms with Gasteiger partial charge in [-0.05, 0) is 43.0 Å². The molecular formula is C15H17NO2S. The monoisotopic (exact) mass is 275 g/mol. The Balaban J connectivity index is 2.06. The van der Waals surface area contributed by atoms with Gasteiger partial charge in [-0.15, -0.1) is 11.3 Å². The van der Waals surface area contributed by atoms with E-state index in [1.807, 2.05) is 12.1 Å². The molecule has 0 saturated heterocycles. The molecule has 2 N–H and O–H groups in total. The number of carboxylic acids is 1. The number of hydrogen-bond acceptors (Lipinski definition) is 3. The highest BCUT2D eigenvalue weighted by Gasteiger charge is 2.20. The Morgan fingerprint density at radius 2 is 2.11 bits per heavy atom. The highest BCUT2D eigenvalue weighted by Crippen LogP contribution is 2.25. The summed E-state index contributed by atoms with van der Waals surface area (Å²) in [6, 6.07) is 11.2. The Morgan fingerprint density at radius 3 is 2.74 bits per heavy atom. The fraction of sp³-hybridized carbons (Fsp3) is 0.267. The molecule has 1 aromatic heterocycles. The minimum Gasteiger partial charge on any atom is -0.478 e. The van der Waals surface area contributed by atoms with Gasteiger partial charge < -0.3 is 10.4 Å². The van der Waals surface area contributed by atoms with Gasteiger partial charge in [0.25, 0.3) is 0 Å². The Morgan fingerprint density at radius 1 is 1.32 bits per heavy atom. The number of nitrogens with one attached hydrogen (secondary N) is 1. The van der Waals surface area contributed by atoms with Crippen LogP contribution in [0.25, 0.3) is 0 Å². The van der Waals surface area contributed by atoms with Crippen LogP contribution in [0.5, 0.6) is 0 Å². The largest absolute Gasteiger partial charge is 0.478 e. The van der Waals surface area contributed by atoms with E-state index in [2.05, 4.69) is 30.6 Å². The second kappa shape index (κ2) is 5.55. The van der Waals surface area contributed by atoms with Crippen LogP contribution in [-0.4, -0.2) is 11.1 Å². The summed E-state index contributed by atoms with van der Waals surface area (Å²) in [7, 11) is 0. The maximum Gasteiger partial charge on any atom is 0.335 e. The second-order valence-electron chi connectivity index (χ2n) is 4.96. The number of thiophene rings is 1. The number of benzene rings is 1. The van der Waals surface area contributed by atoms with E-state index in [9.17, 15) is 4.79 Å². The lowest BCUT2D eigenvalue weighted by molar-refractivity contribution is 0.0696. The molecule has 0 fully saturated rings. The van der Waals surface area contributed by atoms with Gasteiger partial charge in [0.1, 0.15) is 0 Å². The highest BCUT2D eigenvalue weighted by molar-refractivity contribution is 7.10. The van der Waals surface area contributed by atoms with E-state index < -0.39 is 5.97 Å². The number of carboxylic acid groups (broad SMARTS) is 1. The minimum absolute atomic E-state index is 0.118. The Kier molecular flexibility index (Phi) is 4.02. The molecule has 0 aliphatic heterocycles. The molecule has 2 aromatic rings. The van der Waals surface area contributed by atoms with Crippen molar-refractivity contribution in [1.82, 2.24) is 5.32 Å². The molecule has 0 aliphatic rings.